The fourth-order valence-corrected chi connectivity index (χ4v) is 1.39. The molecule has 1 N–H and O–H groups in total. The van der Waals surface area contributed by atoms with Gasteiger partial charge in [0.05, 0.1) is 12.7 Å². The van der Waals surface area contributed by atoms with E-state index in [4.69, 9.17) is 9.47 Å². The van der Waals surface area contributed by atoms with Gasteiger partial charge < -0.3 is 14.8 Å². The van der Waals surface area contributed by atoms with Crippen molar-refractivity contribution in [3.05, 3.63) is 0 Å². The first-order valence-corrected chi connectivity index (χ1v) is 5.22. The van der Waals surface area contributed by atoms with Gasteiger partial charge in [-0.2, -0.15) is 0 Å². The first-order chi connectivity index (χ1) is 6.29. The second kappa shape index (κ2) is 6.35. The first-order valence-electron chi connectivity index (χ1n) is 5.22. The molecule has 0 aliphatic carbocycles. The number of ether oxygens (including phenoxy) is 2. The zero-order chi connectivity index (χ0) is 9.52. The van der Waals surface area contributed by atoms with Crippen molar-refractivity contribution in [2.24, 2.45) is 0 Å². The second-order valence-electron chi connectivity index (χ2n) is 3.79. The largest absolute Gasteiger partial charge is 0.380 e. The maximum atomic E-state index is 5.44. The van der Waals surface area contributed by atoms with E-state index in [1.807, 2.05) is 0 Å². The Hall–Kier alpha value is -0.120. The van der Waals surface area contributed by atoms with Gasteiger partial charge >= 0.3 is 0 Å². The molecule has 0 aromatic rings. The lowest BCUT2D eigenvalue weighted by Crippen LogP contribution is -2.30. The molecule has 3 heteroatoms. The van der Waals surface area contributed by atoms with Crippen LogP contribution < -0.4 is 5.32 Å². The average Bonchev–Trinajstić information content (AvgIpc) is 2.55. The van der Waals surface area contributed by atoms with E-state index in [9.17, 15) is 0 Å². The molecule has 13 heavy (non-hydrogen) atoms. The summed E-state index contributed by atoms with van der Waals surface area (Å²) in [6.07, 6.45) is 2.61. The maximum Gasteiger partial charge on any atom is 0.0620 e. The van der Waals surface area contributed by atoms with Crippen LogP contribution in [0.1, 0.15) is 26.7 Å². The predicted octanol–water partition coefficient (Wildman–Crippen LogP) is 1.18. The van der Waals surface area contributed by atoms with Gasteiger partial charge in [-0.05, 0) is 33.2 Å². The van der Waals surface area contributed by atoms with Crippen molar-refractivity contribution in [1.29, 1.82) is 0 Å². The van der Waals surface area contributed by atoms with Gasteiger partial charge in [-0.1, -0.05) is 0 Å². The molecule has 1 fully saturated rings. The maximum absolute atomic E-state index is 5.44. The quantitative estimate of drug-likeness (QED) is 0.633. The molecule has 1 saturated heterocycles. The molecule has 3 nitrogen and oxygen atoms in total. The molecule has 1 aliphatic rings. The van der Waals surface area contributed by atoms with E-state index in [-0.39, 0.29) is 0 Å². The van der Waals surface area contributed by atoms with Gasteiger partial charge in [-0.3, -0.25) is 0 Å². The molecule has 0 spiro atoms. The monoisotopic (exact) mass is 187 g/mol. The normalized spacial score (nSPS) is 22.8. The van der Waals surface area contributed by atoms with Crippen LogP contribution in [0, 0.1) is 0 Å². The Labute approximate surface area is 80.8 Å². The van der Waals surface area contributed by atoms with Crippen LogP contribution in [0.4, 0.5) is 0 Å². The van der Waals surface area contributed by atoms with E-state index in [0.717, 1.165) is 39.2 Å². The third-order valence-electron chi connectivity index (χ3n) is 2.13. The molecule has 78 valence electrons. The zero-order valence-corrected chi connectivity index (χ0v) is 8.71. The SMILES string of the molecule is CC(C)OCCCNC1CCOC1. The Bertz CT molecular complexity index is 122. The molecule has 0 aromatic heterocycles. The van der Waals surface area contributed by atoms with Crippen LogP contribution in [0.5, 0.6) is 0 Å². The van der Waals surface area contributed by atoms with E-state index in [1.165, 1.54) is 0 Å². The molecule has 1 atom stereocenters. The van der Waals surface area contributed by atoms with Crippen LogP contribution in [0.2, 0.25) is 0 Å². The predicted molar refractivity (Wildman–Crippen MR) is 52.9 cm³/mol. The van der Waals surface area contributed by atoms with E-state index in [0.29, 0.717) is 12.1 Å². The van der Waals surface area contributed by atoms with Crippen molar-refractivity contribution in [3.63, 3.8) is 0 Å². The van der Waals surface area contributed by atoms with E-state index >= 15 is 0 Å². The van der Waals surface area contributed by atoms with E-state index < -0.39 is 0 Å². The number of hydrogen-bond acceptors (Lipinski definition) is 3. The Morgan fingerprint density at radius 3 is 3.00 bits per heavy atom. The van der Waals surface area contributed by atoms with E-state index in [2.05, 4.69) is 19.2 Å². The van der Waals surface area contributed by atoms with Crippen molar-refractivity contribution in [2.45, 2.75) is 38.8 Å². The summed E-state index contributed by atoms with van der Waals surface area (Å²) in [6, 6.07) is 0.582. The number of hydrogen-bond donors (Lipinski definition) is 1. The summed E-state index contributed by atoms with van der Waals surface area (Å²) in [5.41, 5.74) is 0. The molecular formula is C10H21NO2. The highest BCUT2D eigenvalue weighted by Gasteiger charge is 2.13. The van der Waals surface area contributed by atoms with Crippen LogP contribution in [0.3, 0.4) is 0 Å². The molecule has 1 heterocycles. The van der Waals surface area contributed by atoms with Crippen molar-refractivity contribution in [2.75, 3.05) is 26.4 Å². The van der Waals surface area contributed by atoms with Crippen molar-refractivity contribution in [1.82, 2.24) is 5.32 Å². The fraction of sp³-hybridized carbons (Fsp3) is 1.00. The van der Waals surface area contributed by atoms with Crippen LogP contribution in [-0.2, 0) is 9.47 Å². The summed E-state index contributed by atoms with van der Waals surface area (Å²) in [5.74, 6) is 0. The highest BCUT2D eigenvalue weighted by molar-refractivity contribution is 4.70. The smallest absolute Gasteiger partial charge is 0.0620 e. The minimum absolute atomic E-state index is 0.356. The molecule has 0 saturated carbocycles. The van der Waals surface area contributed by atoms with Gasteiger partial charge in [-0.25, -0.2) is 0 Å². The summed E-state index contributed by atoms with van der Waals surface area (Å²) in [4.78, 5) is 0. The lowest BCUT2D eigenvalue weighted by atomic mass is 10.2. The highest BCUT2D eigenvalue weighted by atomic mass is 16.5. The summed E-state index contributed by atoms with van der Waals surface area (Å²) in [5, 5.41) is 3.45. The molecule has 1 rings (SSSR count). The van der Waals surface area contributed by atoms with Gasteiger partial charge in [0.15, 0.2) is 0 Å². The van der Waals surface area contributed by atoms with Gasteiger partial charge in [0, 0.05) is 19.3 Å². The van der Waals surface area contributed by atoms with Crippen LogP contribution in [-0.4, -0.2) is 38.5 Å². The lowest BCUT2D eigenvalue weighted by Gasteiger charge is -2.11. The number of rotatable bonds is 6. The minimum Gasteiger partial charge on any atom is -0.380 e. The Kier molecular flexibility index (Phi) is 5.35. The molecular weight excluding hydrogens is 166 g/mol. The van der Waals surface area contributed by atoms with Crippen molar-refractivity contribution < 1.29 is 9.47 Å². The molecule has 1 unspecified atom stereocenters. The van der Waals surface area contributed by atoms with Crippen LogP contribution >= 0.6 is 0 Å². The Morgan fingerprint density at radius 2 is 2.38 bits per heavy atom. The minimum atomic E-state index is 0.356. The highest BCUT2D eigenvalue weighted by Crippen LogP contribution is 2.02. The topological polar surface area (TPSA) is 30.5 Å². The second-order valence-corrected chi connectivity index (χ2v) is 3.79. The molecule has 0 amide bonds. The average molecular weight is 187 g/mol. The van der Waals surface area contributed by atoms with Crippen LogP contribution in [0.25, 0.3) is 0 Å². The molecule has 0 aromatic carbocycles. The Balaban J connectivity index is 1.83. The third kappa shape index (κ3) is 5.24. The third-order valence-corrected chi connectivity index (χ3v) is 2.13. The zero-order valence-electron chi connectivity index (χ0n) is 8.71. The molecule has 0 radical (unpaired) electrons. The van der Waals surface area contributed by atoms with E-state index in [1.54, 1.807) is 0 Å². The van der Waals surface area contributed by atoms with Crippen molar-refractivity contribution >= 4 is 0 Å². The molecule has 0 bridgehead atoms. The number of nitrogens with one attached hydrogen (secondary N) is 1. The van der Waals surface area contributed by atoms with Gasteiger partial charge in [0.25, 0.3) is 0 Å². The summed E-state index contributed by atoms with van der Waals surface area (Å²) in [6.45, 7) is 7.83. The van der Waals surface area contributed by atoms with Gasteiger partial charge in [-0.15, -0.1) is 0 Å². The summed E-state index contributed by atoms with van der Waals surface area (Å²) < 4.78 is 10.7. The van der Waals surface area contributed by atoms with Crippen molar-refractivity contribution in [3.8, 4) is 0 Å². The fourth-order valence-electron chi connectivity index (χ4n) is 1.39. The van der Waals surface area contributed by atoms with Gasteiger partial charge in [0.1, 0.15) is 0 Å². The van der Waals surface area contributed by atoms with Crippen LogP contribution in [0.15, 0.2) is 0 Å². The Morgan fingerprint density at radius 1 is 1.54 bits per heavy atom. The summed E-state index contributed by atoms with van der Waals surface area (Å²) in [7, 11) is 0. The summed E-state index contributed by atoms with van der Waals surface area (Å²) >= 11 is 0. The van der Waals surface area contributed by atoms with Gasteiger partial charge in [0.2, 0.25) is 0 Å². The lowest BCUT2D eigenvalue weighted by molar-refractivity contribution is 0.0765. The molecule has 1 aliphatic heterocycles. The first kappa shape index (κ1) is 11.0. The standard InChI is InChI=1S/C10H21NO2/c1-9(2)13-6-3-5-11-10-4-7-12-8-10/h9-11H,3-8H2,1-2H3.